The largest absolute Gasteiger partial charge is 0.480 e. The first-order valence-electron chi connectivity index (χ1n) is 8.06. The molecule has 25 heavy (non-hydrogen) atoms. The van der Waals surface area contributed by atoms with Gasteiger partial charge < -0.3 is 20.7 Å². The second-order valence-corrected chi connectivity index (χ2v) is 6.25. The molecule has 0 aliphatic rings. The molecule has 134 valence electrons. The van der Waals surface area contributed by atoms with Crippen molar-refractivity contribution < 1.29 is 19.5 Å². The summed E-state index contributed by atoms with van der Waals surface area (Å²) in [4.78, 5) is 42.1. The lowest BCUT2D eigenvalue weighted by molar-refractivity contribution is -0.142. The van der Waals surface area contributed by atoms with Gasteiger partial charge in [0, 0.05) is 17.8 Å². The Bertz CT molecular complexity index is 769. The van der Waals surface area contributed by atoms with Crippen molar-refractivity contribution in [3.05, 3.63) is 30.1 Å². The highest BCUT2D eigenvalue weighted by atomic mass is 16.4. The van der Waals surface area contributed by atoms with Crippen molar-refractivity contribution in [2.24, 2.45) is 5.92 Å². The molecular weight excluding hydrogens is 324 g/mol. The van der Waals surface area contributed by atoms with Gasteiger partial charge in [-0.05, 0) is 30.0 Å². The van der Waals surface area contributed by atoms with E-state index in [1.165, 1.54) is 0 Å². The van der Waals surface area contributed by atoms with Crippen LogP contribution in [0.2, 0.25) is 0 Å². The number of H-pyrrole nitrogens is 1. The minimum Gasteiger partial charge on any atom is -0.480 e. The zero-order chi connectivity index (χ0) is 18.4. The van der Waals surface area contributed by atoms with Gasteiger partial charge in [-0.1, -0.05) is 13.8 Å². The summed E-state index contributed by atoms with van der Waals surface area (Å²) < 4.78 is 0. The van der Waals surface area contributed by atoms with Crippen LogP contribution < -0.4 is 10.6 Å². The molecule has 0 spiro atoms. The lowest BCUT2D eigenvalue weighted by atomic mass is 10.0. The maximum absolute atomic E-state index is 12.0. The second kappa shape index (κ2) is 8.27. The molecule has 2 heterocycles. The van der Waals surface area contributed by atoms with Gasteiger partial charge in [0.25, 0.3) is 0 Å². The fourth-order valence-electron chi connectivity index (χ4n) is 2.51. The van der Waals surface area contributed by atoms with E-state index in [1.54, 1.807) is 18.5 Å². The molecule has 0 radical (unpaired) electrons. The van der Waals surface area contributed by atoms with E-state index in [4.69, 9.17) is 5.11 Å². The van der Waals surface area contributed by atoms with Crippen LogP contribution in [0.4, 0.5) is 0 Å². The Balaban J connectivity index is 1.84. The molecule has 0 saturated carbocycles. The van der Waals surface area contributed by atoms with E-state index in [0.29, 0.717) is 12.1 Å². The zero-order valence-electron chi connectivity index (χ0n) is 14.2. The molecule has 2 amide bonds. The number of nitrogens with zero attached hydrogens (tertiary/aromatic N) is 1. The number of aromatic amines is 1. The number of carboxylic acids is 1. The topological polar surface area (TPSA) is 124 Å². The third kappa shape index (κ3) is 5.30. The summed E-state index contributed by atoms with van der Waals surface area (Å²) >= 11 is 0. The average Bonchev–Trinajstić information content (AvgIpc) is 2.95. The van der Waals surface area contributed by atoms with Crippen LogP contribution in [0, 0.1) is 5.92 Å². The van der Waals surface area contributed by atoms with Gasteiger partial charge >= 0.3 is 5.97 Å². The summed E-state index contributed by atoms with van der Waals surface area (Å²) in [6, 6.07) is 2.69. The number of hydrogen-bond acceptors (Lipinski definition) is 4. The molecule has 0 fully saturated rings. The van der Waals surface area contributed by atoms with Crippen molar-refractivity contribution in [1.29, 1.82) is 0 Å². The minimum absolute atomic E-state index is 0.104. The molecule has 0 aliphatic heterocycles. The lowest BCUT2D eigenvalue weighted by Gasteiger charge is -2.16. The van der Waals surface area contributed by atoms with Gasteiger partial charge in [-0.15, -0.1) is 0 Å². The molecule has 8 heteroatoms. The van der Waals surface area contributed by atoms with Crippen LogP contribution in [0.3, 0.4) is 0 Å². The highest BCUT2D eigenvalue weighted by Crippen LogP contribution is 2.15. The van der Waals surface area contributed by atoms with Gasteiger partial charge in [0.15, 0.2) is 0 Å². The molecule has 2 aromatic rings. The summed E-state index contributed by atoms with van der Waals surface area (Å²) in [5.74, 6) is -1.80. The predicted molar refractivity (Wildman–Crippen MR) is 91.8 cm³/mol. The number of hydrogen-bond donors (Lipinski definition) is 4. The van der Waals surface area contributed by atoms with Crippen LogP contribution in [0.15, 0.2) is 24.5 Å². The standard InChI is InChI=1S/C17H22N4O4/c1-10(2)6-13(17(24)25)21-15(23)9-19-14(22)7-11-8-20-16-12(11)4-3-5-18-16/h3-5,8,10,13H,6-7,9H2,1-2H3,(H,18,20)(H,19,22)(H,21,23)(H,24,25)/t13-/m0/s1. The van der Waals surface area contributed by atoms with E-state index in [-0.39, 0.29) is 24.8 Å². The summed E-state index contributed by atoms with van der Waals surface area (Å²) in [6.45, 7) is 3.49. The number of aliphatic carboxylic acids is 1. The summed E-state index contributed by atoms with van der Waals surface area (Å²) in [6.07, 6.45) is 3.80. The smallest absolute Gasteiger partial charge is 0.326 e. The SMILES string of the molecule is CC(C)C[C@H](NC(=O)CNC(=O)Cc1c[nH]c2ncccc12)C(=O)O. The Morgan fingerprint density at radius 3 is 2.72 bits per heavy atom. The summed E-state index contributed by atoms with van der Waals surface area (Å²) in [5, 5.41) is 14.9. The van der Waals surface area contributed by atoms with E-state index in [2.05, 4.69) is 20.6 Å². The number of pyridine rings is 1. The first-order valence-corrected chi connectivity index (χ1v) is 8.06. The number of amides is 2. The van der Waals surface area contributed by atoms with Crippen LogP contribution in [0.25, 0.3) is 11.0 Å². The van der Waals surface area contributed by atoms with Crippen molar-refractivity contribution in [1.82, 2.24) is 20.6 Å². The Labute approximate surface area is 145 Å². The predicted octanol–water partition coefficient (Wildman–Crippen LogP) is 0.837. The van der Waals surface area contributed by atoms with Gasteiger partial charge in [0.05, 0.1) is 13.0 Å². The van der Waals surface area contributed by atoms with Gasteiger partial charge in [-0.25, -0.2) is 9.78 Å². The molecular formula is C17H22N4O4. The lowest BCUT2D eigenvalue weighted by Crippen LogP contribution is -2.46. The first-order chi connectivity index (χ1) is 11.9. The zero-order valence-corrected chi connectivity index (χ0v) is 14.2. The fraction of sp³-hybridized carbons (Fsp3) is 0.412. The fourth-order valence-corrected chi connectivity index (χ4v) is 2.51. The molecule has 0 saturated heterocycles. The van der Waals surface area contributed by atoms with Crippen molar-refractivity contribution in [2.45, 2.75) is 32.7 Å². The minimum atomic E-state index is -1.08. The molecule has 1 atom stereocenters. The molecule has 8 nitrogen and oxygen atoms in total. The summed E-state index contributed by atoms with van der Waals surface area (Å²) in [5.41, 5.74) is 1.48. The van der Waals surface area contributed by atoms with Crippen LogP contribution in [-0.4, -0.2) is 45.4 Å². The van der Waals surface area contributed by atoms with Crippen LogP contribution in [-0.2, 0) is 20.8 Å². The third-order valence-corrected chi connectivity index (χ3v) is 3.67. The third-order valence-electron chi connectivity index (χ3n) is 3.67. The Morgan fingerprint density at radius 2 is 2.04 bits per heavy atom. The van der Waals surface area contributed by atoms with Gasteiger partial charge in [-0.2, -0.15) is 0 Å². The van der Waals surface area contributed by atoms with E-state index in [9.17, 15) is 14.4 Å². The maximum Gasteiger partial charge on any atom is 0.326 e. The van der Waals surface area contributed by atoms with Gasteiger partial charge in [0.1, 0.15) is 11.7 Å². The van der Waals surface area contributed by atoms with E-state index >= 15 is 0 Å². The number of aromatic nitrogens is 2. The highest BCUT2D eigenvalue weighted by molar-refractivity contribution is 5.90. The van der Waals surface area contributed by atoms with Crippen LogP contribution in [0.5, 0.6) is 0 Å². The Hall–Kier alpha value is -2.90. The Morgan fingerprint density at radius 1 is 1.28 bits per heavy atom. The summed E-state index contributed by atoms with van der Waals surface area (Å²) in [7, 11) is 0. The number of nitrogens with one attached hydrogen (secondary N) is 3. The first kappa shape index (κ1) is 18.4. The van der Waals surface area contributed by atoms with Crippen molar-refractivity contribution in [3.8, 4) is 0 Å². The quantitative estimate of drug-likeness (QED) is 0.564. The van der Waals surface area contributed by atoms with E-state index < -0.39 is 17.9 Å². The van der Waals surface area contributed by atoms with Crippen molar-refractivity contribution in [2.75, 3.05) is 6.54 Å². The molecule has 2 rings (SSSR count). The maximum atomic E-state index is 12.0. The highest BCUT2D eigenvalue weighted by Gasteiger charge is 2.21. The van der Waals surface area contributed by atoms with Gasteiger partial charge in [-0.3, -0.25) is 9.59 Å². The van der Waals surface area contributed by atoms with E-state index in [0.717, 1.165) is 10.9 Å². The number of carbonyl (C=O) groups excluding carboxylic acids is 2. The number of fused-ring (bicyclic) bond motifs is 1. The molecule has 2 aromatic heterocycles. The number of carboxylic acid groups (broad SMARTS) is 1. The van der Waals surface area contributed by atoms with E-state index in [1.807, 2.05) is 19.9 Å². The Kier molecular flexibility index (Phi) is 6.10. The molecule has 0 aliphatic carbocycles. The van der Waals surface area contributed by atoms with Crippen molar-refractivity contribution in [3.63, 3.8) is 0 Å². The van der Waals surface area contributed by atoms with Crippen LogP contribution in [0.1, 0.15) is 25.8 Å². The molecule has 0 aromatic carbocycles. The molecule has 4 N–H and O–H groups in total. The van der Waals surface area contributed by atoms with Crippen molar-refractivity contribution >= 4 is 28.8 Å². The number of rotatable bonds is 8. The second-order valence-electron chi connectivity index (χ2n) is 6.25. The normalized spacial score (nSPS) is 12.1. The monoisotopic (exact) mass is 346 g/mol. The molecule has 0 bridgehead atoms. The number of carbonyl (C=O) groups is 3. The van der Waals surface area contributed by atoms with Crippen LogP contribution >= 0.6 is 0 Å². The molecule has 0 unspecified atom stereocenters. The van der Waals surface area contributed by atoms with Gasteiger partial charge in [0.2, 0.25) is 11.8 Å². The average molecular weight is 346 g/mol.